The molecule has 2 rings (SSSR count). The smallest absolute Gasteiger partial charge is 0.262 e. The maximum Gasteiger partial charge on any atom is 0.262 e. The molecule has 0 spiro atoms. The third kappa shape index (κ3) is 3.47. The molecule has 2 N–H and O–H groups in total. The van der Waals surface area contributed by atoms with E-state index in [4.69, 9.17) is 0 Å². The molecule has 1 aromatic rings. The molecule has 1 aliphatic carbocycles. The Morgan fingerprint density at radius 3 is 2.48 bits per heavy atom. The van der Waals surface area contributed by atoms with Crippen LogP contribution in [0.15, 0.2) is 42.5 Å². The van der Waals surface area contributed by atoms with Crippen molar-refractivity contribution in [3.63, 3.8) is 0 Å². The van der Waals surface area contributed by atoms with Crippen molar-refractivity contribution in [1.29, 1.82) is 0 Å². The lowest BCUT2D eigenvalue weighted by Gasteiger charge is -2.12. The van der Waals surface area contributed by atoms with Crippen molar-refractivity contribution < 1.29 is 19.5 Å². The van der Waals surface area contributed by atoms with Crippen LogP contribution in [0.3, 0.4) is 0 Å². The Balaban J connectivity index is 1.86. The lowest BCUT2D eigenvalue weighted by atomic mass is 9.95. The first-order chi connectivity index (χ1) is 9.93. The van der Waals surface area contributed by atoms with Crippen molar-refractivity contribution in [2.45, 2.75) is 18.8 Å². The average Bonchev–Trinajstić information content (AvgIpc) is 3.17. The fraction of sp³-hybridized carbons (Fsp3) is 0.267. The summed E-state index contributed by atoms with van der Waals surface area (Å²) in [6.07, 6.45) is 2.07. The SMILES string of the molecule is C[C@]1(c2ccccc2)C[C@@H]1C(=O)NNC(=O)C=CC(=O)[O-]. The molecule has 2 atom stereocenters. The number of carbonyl (C=O) groups is 3. The highest BCUT2D eigenvalue weighted by Gasteiger charge is 2.55. The third-order valence-electron chi connectivity index (χ3n) is 3.67. The third-order valence-corrected chi connectivity index (χ3v) is 3.67. The van der Waals surface area contributed by atoms with Crippen molar-refractivity contribution in [1.82, 2.24) is 10.9 Å². The van der Waals surface area contributed by atoms with Gasteiger partial charge in [-0.25, -0.2) is 0 Å². The van der Waals surface area contributed by atoms with Crippen molar-refractivity contribution >= 4 is 17.8 Å². The summed E-state index contributed by atoms with van der Waals surface area (Å²) in [5.41, 5.74) is 5.27. The molecule has 0 radical (unpaired) electrons. The number of benzene rings is 1. The van der Waals surface area contributed by atoms with Gasteiger partial charge in [0.15, 0.2) is 0 Å². The van der Waals surface area contributed by atoms with Crippen LogP contribution in [0.4, 0.5) is 0 Å². The second-order valence-corrected chi connectivity index (χ2v) is 5.17. The van der Waals surface area contributed by atoms with E-state index in [1.54, 1.807) is 0 Å². The number of aliphatic carboxylic acids is 1. The van der Waals surface area contributed by atoms with Crippen LogP contribution < -0.4 is 16.0 Å². The Bertz CT molecular complexity index is 597. The molecule has 1 fully saturated rings. The second kappa shape index (κ2) is 5.78. The maximum absolute atomic E-state index is 12.0. The topological polar surface area (TPSA) is 98.3 Å². The number of amides is 2. The molecule has 110 valence electrons. The minimum Gasteiger partial charge on any atom is -0.545 e. The monoisotopic (exact) mass is 287 g/mol. The Morgan fingerprint density at radius 1 is 1.19 bits per heavy atom. The summed E-state index contributed by atoms with van der Waals surface area (Å²) in [6, 6.07) is 9.68. The molecule has 0 aliphatic heterocycles. The van der Waals surface area contributed by atoms with E-state index >= 15 is 0 Å². The number of hydrogen-bond acceptors (Lipinski definition) is 4. The highest BCUT2D eigenvalue weighted by Crippen LogP contribution is 2.53. The lowest BCUT2D eigenvalue weighted by molar-refractivity contribution is -0.297. The van der Waals surface area contributed by atoms with Gasteiger partial charge in [0.25, 0.3) is 5.91 Å². The molecule has 0 heterocycles. The Kier molecular flexibility index (Phi) is 4.07. The van der Waals surface area contributed by atoms with Gasteiger partial charge in [-0.3, -0.25) is 20.4 Å². The van der Waals surface area contributed by atoms with Gasteiger partial charge in [-0.2, -0.15) is 0 Å². The highest BCUT2D eigenvalue weighted by molar-refractivity contribution is 5.95. The molecule has 0 bridgehead atoms. The summed E-state index contributed by atoms with van der Waals surface area (Å²) in [5.74, 6) is -2.72. The molecule has 6 heteroatoms. The van der Waals surface area contributed by atoms with Gasteiger partial charge in [0.2, 0.25) is 5.91 Å². The zero-order valence-electron chi connectivity index (χ0n) is 11.5. The minimum atomic E-state index is -1.48. The van der Waals surface area contributed by atoms with Crippen LogP contribution in [0.2, 0.25) is 0 Å². The van der Waals surface area contributed by atoms with E-state index in [-0.39, 0.29) is 17.2 Å². The van der Waals surface area contributed by atoms with Crippen LogP contribution in [0.1, 0.15) is 18.9 Å². The predicted octanol–water partition coefficient (Wildman–Crippen LogP) is -0.582. The van der Waals surface area contributed by atoms with E-state index < -0.39 is 11.9 Å². The number of hydrazine groups is 1. The van der Waals surface area contributed by atoms with Gasteiger partial charge >= 0.3 is 0 Å². The van der Waals surface area contributed by atoms with Crippen molar-refractivity contribution in [3.8, 4) is 0 Å². The predicted molar refractivity (Wildman–Crippen MR) is 72.3 cm³/mol. The van der Waals surface area contributed by atoms with Gasteiger partial charge in [-0.05, 0) is 18.1 Å². The number of carboxylic acid groups (broad SMARTS) is 1. The van der Waals surface area contributed by atoms with Gasteiger partial charge in [0.1, 0.15) is 0 Å². The van der Waals surface area contributed by atoms with Crippen molar-refractivity contribution in [2.24, 2.45) is 5.92 Å². The Labute approximate surface area is 121 Å². The molecule has 1 saturated carbocycles. The summed E-state index contributed by atoms with van der Waals surface area (Å²) < 4.78 is 0. The Hall–Kier alpha value is -2.63. The van der Waals surface area contributed by atoms with E-state index in [1.807, 2.05) is 37.3 Å². The number of carbonyl (C=O) groups excluding carboxylic acids is 3. The summed E-state index contributed by atoms with van der Waals surface area (Å²) in [7, 11) is 0. The summed E-state index contributed by atoms with van der Waals surface area (Å²) in [6.45, 7) is 1.99. The van der Waals surface area contributed by atoms with Crippen LogP contribution in [-0.2, 0) is 19.8 Å². The van der Waals surface area contributed by atoms with E-state index in [1.165, 1.54) is 0 Å². The standard InChI is InChI=1S/C15H16N2O4/c1-15(10-5-3-2-4-6-10)9-11(15)14(21)17-16-12(18)7-8-13(19)20/h2-8,11H,9H2,1H3,(H,16,18)(H,17,21)(H,19,20)/p-1/t11-,15-/m1/s1. The summed E-state index contributed by atoms with van der Waals surface area (Å²) in [4.78, 5) is 33.3. The van der Waals surface area contributed by atoms with Gasteiger partial charge in [0.05, 0.1) is 5.97 Å². The molecular formula is C15H15N2O4-. The highest BCUT2D eigenvalue weighted by atomic mass is 16.4. The largest absolute Gasteiger partial charge is 0.545 e. The molecule has 0 aromatic heterocycles. The van der Waals surface area contributed by atoms with Crippen LogP contribution in [0.25, 0.3) is 0 Å². The van der Waals surface area contributed by atoms with Crippen LogP contribution in [-0.4, -0.2) is 17.8 Å². The van der Waals surface area contributed by atoms with Gasteiger partial charge < -0.3 is 9.90 Å². The Morgan fingerprint density at radius 2 is 1.86 bits per heavy atom. The maximum atomic E-state index is 12.0. The first-order valence-electron chi connectivity index (χ1n) is 6.48. The number of rotatable bonds is 4. The van der Waals surface area contributed by atoms with Crippen molar-refractivity contribution in [2.75, 3.05) is 0 Å². The van der Waals surface area contributed by atoms with E-state index in [9.17, 15) is 19.5 Å². The van der Waals surface area contributed by atoms with E-state index in [0.29, 0.717) is 12.5 Å². The zero-order chi connectivity index (χ0) is 15.5. The first kappa shape index (κ1) is 14.8. The van der Waals surface area contributed by atoms with E-state index in [2.05, 4.69) is 10.9 Å². The minimum absolute atomic E-state index is 0.217. The number of carboxylic acids is 1. The fourth-order valence-electron chi connectivity index (χ4n) is 2.28. The van der Waals surface area contributed by atoms with Crippen LogP contribution >= 0.6 is 0 Å². The number of hydrogen-bond donors (Lipinski definition) is 2. The molecule has 6 nitrogen and oxygen atoms in total. The second-order valence-electron chi connectivity index (χ2n) is 5.17. The molecule has 21 heavy (non-hydrogen) atoms. The van der Waals surface area contributed by atoms with Crippen LogP contribution in [0.5, 0.6) is 0 Å². The molecule has 1 aliphatic rings. The van der Waals surface area contributed by atoms with Gasteiger partial charge in [-0.15, -0.1) is 0 Å². The fourth-order valence-corrected chi connectivity index (χ4v) is 2.28. The molecule has 0 unspecified atom stereocenters. The average molecular weight is 287 g/mol. The first-order valence-corrected chi connectivity index (χ1v) is 6.48. The van der Waals surface area contributed by atoms with Gasteiger partial charge in [-0.1, -0.05) is 37.3 Å². The number of nitrogens with one attached hydrogen (secondary N) is 2. The van der Waals surface area contributed by atoms with Crippen LogP contribution in [0, 0.1) is 5.92 Å². The molecule has 2 amide bonds. The van der Waals surface area contributed by atoms with Gasteiger partial charge in [0, 0.05) is 17.4 Å². The lowest BCUT2D eigenvalue weighted by Crippen LogP contribution is -2.42. The summed E-state index contributed by atoms with van der Waals surface area (Å²) in [5, 5.41) is 10.1. The molecular weight excluding hydrogens is 272 g/mol. The summed E-state index contributed by atoms with van der Waals surface area (Å²) >= 11 is 0. The molecule has 1 aromatic carbocycles. The zero-order valence-corrected chi connectivity index (χ0v) is 11.5. The van der Waals surface area contributed by atoms with E-state index in [0.717, 1.165) is 11.6 Å². The molecule has 0 saturated heterocycles. The van der Waals surface area contributed by atoms with Crippen molar-refractivity contribution in [3.05, 3.63) is 48.0 Å². The normalized spacial score (nSPS) is 23.6. The quantitative estimate of drug-likeness (QED) is 0.571.